The summed E-state index contributed by atoms with van der Waals surface area (Å²) in [6.45, 7) is 4.63. The summed E-state index contributed by atoms with van der Waals surface area (Å²) in [5.41, 5.74) is 4.62. The van der Waals surface area contributed by atoms with Gasteiger partial charge in [0, 0.05) is 31.9 Å². The molecule has 0 saturated carbocycles. The standard InChI is InChI=1S/C20H25N3O2/c1-14-6-5-7-16(10-14)12-22-19(24)13-21-18-11-17(9-8-15(18)2)20(25)23(3)4/h5-11,21H,12-13H2,1-4H3,(H,22,24). The Morgan fingerprint density at radius 1 is 1.04 bits per heavy atom. The third-order valence-electron chi connectivity index (χ3n) is 3.90. The van der Waals surface area contributed by atoms with Crippen molar-refractivity contribution in [2.45, 2.75) is 20.4 Å². The van der Waals surface area contributed by atoms with Crippen LogP contribution >= 0.6 is 0 Å². The molecule has 0 aliphatic carbocycles. The van der Waals surface area contributed by atoms with Crippen LogP contribution in [-0.2, 0) is 11.3 Å². The lowest BCUT2D eigenvalue weighted by molar-refractivity contribution is -0.119. The zero-order valence-corrected chi connectivity index (χ0v) is 15.2. The first-order chi connectivity index (χ1) is 11.9. The number of hydrogen-bond acceptors (Lipinski definition) is 3. The van der Waals surface area contributed by atoms with E-state index in [9.17, 15) is 9.59 Å². The molecule has 0 unspecified atom stereocenters. The van der Waals surface area contributed by atoms with E-state index < -0.39 is 0 Å². The van der Waals surface area contributed by atoms with E-state index in [4.69, 9.17) is 0 Å². The molecular weight excluding hydrogens is 314 g/mol. The predicted molar refractivity (Wildman–Crippen MR) is 101 cm³/mol. The van der Waals surface area contributed by atoms with Gasteiger partial charge in [-0.3, -0.25) is 9.59 Å². The average molecular weight is 339 g/mol. The number of anilines is 1. The lowest BCUT2D eigenvalue weighted by atomic mass is 10.1. The van der Waals surface area contributed by atoms with Crippen LogP contribution < -0.4 is 10.6 Å². The van der Waals surface area contributed by atoms with Gasteiger partial charge < -0.3 is 15.5 Å². The summed E-state index contributed by atoms with van der Waals surface area (Å²) in [5, 5.41) is 6.01. The second-order valence-corrected chi connectivity index (χ2v) is 6.35. The molecule has 2 aromatic carbocycles. The summed E-state index contributed by atoms with van der Waals surface area (Å²) in [4.78, 5) is 25.6. The largest absolute Gasteiger partial charge is 0.376 e. The van der Waals surface area contributed by atoms with E-state index in [0.29, 0.717) is 12.1 Å². The fourth-order valence-electron chi connectivity index (χ4n) is 2.46. The van der Waals surface area contributed by atoms with Crippen LogP contribution in [0.25, 0.3) is 0 Å². The van der Waals surface area contributed by atoms with Crippen molar-refractivity contribution in [1.29, 1.82) is 0 Å². The fraction of sp³-hybridized carbons (Fsp3) is 0.300. The van der Waals surface area contributed by atoms with Crippen molar-refractivity contribution in [1.82, 2.24) is 10.2 Å². The molecule has 0 aromatic heterocycles. The van der Waals surface area contributed by atoms with Crippen molar-refractivity contribution in [2.75, 3.05) is 26.0 Å². The smallest absolute Gasteiger partial charge is 0.253 e. The van der Waals surface area contributed by atoms with Crippen molar-refractivity contribution in [3.63, 3.8) is 0 Å². The lowest BCUT2D eigenvalue weighted by Gasteiger charge is -2.14. The van der Waals surface area contributed by atoms with E-state index >= 15 is 0 Å². The molecule has 0 spiro atoms. The van der Waals surface area contributed by atoms with Crippen molar-refractivity contribution in [3.8, 4) is 0 Å². The van der Waals surface area contributed by atoms with Gasteiger partial charge in [-0.15, -0.1) is 0 Å². The van der Waals surface area contributed by atoms with Crippen molar-refractivity contribution < 1.29 is 9.59 Å². The van der Waals surface area contributed by atoms with Gasteiger partial charge in [0.05, 0.1) is 6.54 Å². The summed E-state index contributed by atoms with van der Waals surface area (Å²) in [5.74, 6) is -0.155. The Labute approximate surface area is 149 Å². The molecule has 0 fully saturated rings. The molecule has 2 N–H and O–H groups in total. The van der Waals surface area contributed by atoms with Crippen LogP contribution in [0.4, 0.5) is 5.69 Å². The van der Waals surface area contributed by atoms with Crippen LogP contribution in [0.3, 0.4) is 0 Å². The minimum absolute atomic E-state index is 0.0630. The maximum atomic E-state index is 12.1. The molecule has 132 valence electrons. The second-order valence-electron chi connectivity index (χ2n) is 6.35. The monoisotopic (exact) mass is 339 g/mol. The van der Waals surface area contributed by atoms with Crippen LogP contribution in [0.5, 0.6) is 0 Å². The molecule has 2 aromatic rings. The highest BCUT2D eigenvalue weighted by molar-refractivity contribution is 5.95. The summed E-state index contributed by atoms with van der Waals surface area (Å²) < 4.78 is 0. The van der Waals surface area contributed by atoms with Gasteiger partial charge in [0.25, 0.3) is 5.91 Å². The Morgan fingerprint density at radius 3 is 2.48 bits per heavy atom. The number of carbonyl (C=O) groups excluding carboxylic acids is 2. The molecule has 0 aliphatic rings. The number of aryl methyl sites for hydroxylation is 2. The number of rotatable bonds is 6. The molecule has 0 bridgehead atoms. The molecule has 2 amide bonds. The summed E-state index contributed by atoms with van der Waals surface area (Å²) in [6.07, 6.45) is 0. The van der Waals surface area contributed by atoms with Gasteiger partial charge in [0.15, 0.2) is 0 Å². The number of carbonyl (C=O) groups is 2. The van der Waals surface area contributed by atoms with Gasteiger partial charge in [-0.2, -0.15) is 0 Å². The second kappa shape index (κ2) is 8.33. The zero-order valence-electron chi connectivity index (χ0n) is 15.2. The van der Waals surface area contributed by atoms with Gasteiger partial charge in [-0.1, -0.05) is 35.9 Å². The molecule has 5 nitrogen and oxygen atoms in total. The van der Waals surface area contributed by atoms with E-state index in [1.54, 1.807) is 26.2 Å². The molecule has 5 heteroatoms. The topological polar surface area (TPSA) is 61.4 Å². The van der Waals surface area contributed by atoms with Crippen LogP contribution in [0.1, 0.15) is 27.0 Å². The first-order valence-electron chi connectivity index (χ1n) is 8.25. The van der Waals surface area contributed by atoms with E-state index in [2.05, 4.69) is 10.6 Å². The molecule has 0 radical (unpaired) electrons. The van der Waals surface area contributed by atoms with Crippen LogP contribution in [0.15, 0.2) is 42.5 Å². The maximum Gasteiger partial charge on any atom is 0.253 e. The molecule has 2 rings (SSSR count). The van der Waals surface area contributed by atoms with E-state index in [1.807, 2.05) is 44.2 Å². The summed E-state index contributed by atoms with van der Waals surface area (Å²) in [6, 6.07) is 13.5. The summed E-state index contributed by atoms with van der Waals surface area (Å²) in [7, 11) is 3.43. The third-order valence-corrected chi connectivity index (χ3v) is 3.90. The zero-order chi connectivity index (χ0) is 18.4. The normalized spacial score (nSPS) is 10.2. The quantitative estimate of drug-likeness (QED) is 0.851. The van der Waals surface area contributed by atoms with Crippen LogP contribution in [0, 0.1) is 13.8 Å². The number of hydrogen-bond donors (Lipinski definition) is 2. The van der Waals surface area contributed by atoms with Crippen molar-refractivity contribution >= 4 is 17.5 Å². The van der Waals surface area contributed by atoms with Gasteiger partial charge in [-0.25, -0.2) is 0 Å². The first-order valence-corrected chi connectivity index (χ1v) is 8.25. The fourth-order valence-corrected chi connectivity index (χ4v) is 2.46. The van der Waals surface area contributed by atoms with Crippen molar-refractivity contribution in [2.24, 2.45) is 0 Å². The predicted octanol–water partition coefficient (Wildman–Crippen LogP) is 2.73. The molecule has 0 heterocycles. The Kier molecular flexibility index (Phi) is 6.17. The molecule has 25 heavy (non-hydrogen) atoms. The summed E-state index contributed by atoms with van der Waals surface area (Å²) >= 11 is 0. The maximum absolute atomic E-state index is 12.1. The Hall–Kier alpha value is -2.82. The minimum atomic E-state index is -0.0924. The van der Waals surface area contributed by atoms with Crippen molar-refractivity contribution in [3.05, 3.63) is 64.7 Å². The molecule has 0 atom stereocenters. The number of nitrogens with zero attached hydrogens (tertiary/aromatic N) is 1. The number of benzene rings is 2. The molecule has 0 saturated heterocycles. The molecule has 0 aliphatic heterocycles. The van der Waals surface area contributed by atoms with Crippen LogP contribution in [0.2, 0.25) is 0 Å². The van der Waals surface area contributed by atoms with Crippen LogP contribution in [-0.4, -0.2) is 37.4 Å². The van der Waals surface area contributed by atoms with Gasteiger partial charge in [-0.05, 0) is 37.1 Å². The Bertz CT molecular complexity index is 769. The first kappa shape index (κ1) is 18.5. The van der Waals surface area contributed by atoms with Gasteiger partial charge in [0.1, 0.15) is 0 Å². The number of nitrogens with one attached hydrogen (secondary N) is 2. The van der Waals surface area contributed by atoms with E-state index in [1.165, 1.54) is 10.5 Å². The SMILES string of the molecule is Cc1cccc(CNC(=O)CNc2cc(C(=O)N(C)C)ccc2C)c1. The third kappa shape index (κ3) is 5.35. The Morgan fingerprint density at radius 2 is 1.80 bits per heavy atom. The van der Waals surface area contributed by atoms with E-state index in [0.717, 1.165) is 16.8 Å². The van der Waals surface area contributed by atoms with Gasteiger partial charge >= 0.3 is 0 Å². The molecular formula is C20H25N3O2. The minimum Gasteiger partial charge on any atom is -0.376 e. The average Bonchev–Trinajstić information content (AvgIpc) is 2.58. The van der Waals surface area contributed by atoms with Gasteiger partial charge in [0.2, 0.25) is 5.91 Å². The van der Waals surface area contributed by atoms with E-state index in [-0.39, 0.29) is 18.4 Å². The highest BCUT2D eigenvalue weighted by Crippen LogP contribution is 2.17. The highest BCUT2D eigenvalue weighted by atomic mass is 16.2. The lowest BCUT2D eigenvalue weighted by Crippen LogP contribution is -2.29. The number of amides is 2. The highest BCUT2D eigenvalue weighted by Gasteiger charge is 2.10. The Balaban J connectivity index is 1.92.